The van der Waals surface area contributed by atoms with Crippen LogP contribution in [0.25, 0.3) is 0 Å². The number of carboxylic acids is 1. The molecule has 0 aromatic carbocycles. The molecule has 0 amide bonds. The van der Waals surface area contributed by atoms with E-state index in [1.54, 1.807) is 0 Å². The summed E-state index contributed by atoms with van der Waals surface area (Å²) in [5.41, 5.74) is 0. The topological polar surface area (TPSA) is 63.6 Å². The number of carbonyl (C=O) groups is 2. The molecule has 0 spiro atoms. The zero-order chi connectivity index (χ0) is 7.28. The zero-order valence-corrected chi connectivity index (χ0v) is 5.09. The first kappa shape index (κ1) is 12.6. The van der Waals surface area contributed by atoms with Gasteiger partial charge in [0.05, 0.1) is 20.0 Å². The van der Waals surface area contributed by atoms with Crippen molar-refractivity contribution in [3.05, 3.63) is 0 Å². The third-order valence-electron chi connectivity index (χ3n) is 0.771. The quantitative estimate of drug-likeness (QED) is 0.436. The molecule has 54 valence electrons. The first-order chi connectivity index (χ1) is 4.16. The van der Waals surface area contributed by atoms with Crippen molar-refractivity contribution in [2.45, 2.75) is 12.8 Å². The summed E-state index contributed by atoms with van der Waals surface area (Å²) in [6.45, 7) is 0. The van der Waals surface area contributed by atoms with Crippen molar-refractivity contribution < 1.29 is 19.4 Å². The molecule has 0 aliphatic rings. The molecule has 0 aliphatic carbocycles. The number of esters is 1. The normalized spacial score (nSPS) is 7.70. The molecule has 5 heteroatoms. The third-order valence-corrected chi connectivity index (χ3v) is 0.771. The number of methoxy groups -OCH3 is 1. The molecule has 0 unspecified atom stereocenters. The second-order valence-corrected chi connectivity index (χ2v) is 1.47. The van der Waals surface area contributed by atoms with Crippen LogP contribution in [0.15, 0.2) is 0 Å². The first-order valence-corrected chi connectivity index (χ1v) is 2.45. The van der Waals surface area contributed by atoms with E-state index in [1.165, 1.54) is 7.11 Å². The number of ether oxygens (including phenoxy) is 1. The predicted octanol–water partition coefficient (Wildman–Crippen LogP) is -0.624. The van der Waals surface area contributed by atoms with E-state index < -0.39 is 11.9 Å². The third kappa shape index (κ3) is 7.94. The van der Waals surface area contributed by atoms with E-state index in [-0.39, 0.29) is 42.4 Å². The molecule has 10 heavy (non-hydrogen) atoms. The Kier molecular flexibility index (Phi) is 8.89. The maximum absolute atomic E-state index is 10.2. The number of rotatable bonds is 3. The van der Waals surface area contributed by atoms with Crippen LogP contribution >= 0.6 is 0 Å². The molecule has 0 atom stereocenters. The number of carboxylic acid groups (broad SMARTS) is 1. The van der Waals surface area contributed by atoms with Crippen molar-refractivity contribution in [2.75, 3.05) is 7.11 Å². The van der Waals surface area contributed by atoms with Crippen LogP contribution in [0.1, 0.15) is 12.8 Å². The van der Waals surface area contributed by atoms with Gasteiger partial charge < -0.3 is 9.84 Å². The molecule has 1 N–H and O–H groups in total. The van der Waals surface area contributed by atoms with Gasteiger partial charge in [-0.05, 0) is 0 Å². The van der Waals surface area contributed by atoms with Gasteiger partial charge in [-0.2, -0.15) is 0 Å². The Bertz CT molecular complexity index is 123. The fourth-order valence-electron chi connectivity index (χ4n) is 0.311. The van der Waals surface area contributed by atoms with Crippen LogP contribution in [0.4, 0.5) is 0 Å². The van der Waals surface area contributed by atoms with Crippen LogP contribution < -0.4 is 0 Å². The number of aliphatic carboxylic acids is 1. The molecule has 0 aromatic rings. The SMILES string of the molecule is COC(=O)CCC(=O)O.[NaH]. The standard InChI is InChI=1S/C5H8O4.Na.H/c1-9-5(8)3-2-4(6)7;;/h2-3H2,1H3,(H,6,7);;. The van der Waals surface area contributed by atoms with Crippen LogP contribution in [0.2, 0.25) is 0 Å². The average molecular weight is 156 g/mol. The molecule has 4 nitrogen and oxygen atoms in total. The number of carbonyl (C=O) groups excluding carboxylic acids is 1. The van der Waals surface area contributed by atoms with Gasteiger partial charge in [-0.1, -0.05) is 0 Å². The van der Waals surface area contributed by atoms with Gasteiger partial charge >= 0.3 is 41.5 Å². The minimum absolute atomic E-state index is 0. The van der Waals surface area contributed by atoms with Gasteiger partial charge in [0.15, 0.2) is 0 Å². The second kappa shape index (κ2) is 7.05. The Morgan fingerprint density at radius 1 is 1.40 bits per heavy atom. The summed E-state index contributed by atoms with van der Waals surface area (Å²) in [5, 5.41) is 8.05. The monoisotopic (exact) mass is 156 g/mol. The molecule has 0 aliphatic heterocycles. The molecular weight excluding hydrogens is 147 g/mol. The van der Waals surface area contributed by atoms with Crippen molar-refractivity contribution in [3.63, 3.8) is 0 Å². The summed E-state index contributed by atoms with van der Waals surface area (Å²) in [6.07, 6.45) is -0.210. The van der Waals surface area contributed by atoms with Gasteiger partial charge in [0.2, 0.25) is 0 Å². The van der Waals surface area contributed by atoms with Crippen molar-refractivity contribution in [3.8, 4) is 0 Å². The van der Waals surface area contributed by atoms with E-state index in [9.17, 15) is 9.59 Å². The Hall–Kier alpha value is -0.0600. The fourth-order valence-corrected chi connectivity index (χ4v) is 0.311. The van der Waals surface area contributed by atoms with E-state index in [0.717, 1.165) is 0 Å². The van der Waals surface area contributed by atoms with Gasteiger partial charge in [0, 0.05) is 0 Å². The van der Waals surface area contributed by atoms with Crippen LogP contribution in [-0.2, 0) is 14.3 Å². The molecule has 0 rings (SSSR count). The molecule has 0 saturated carbocycles. The van der Waals surface area contributed by atoms with E-state index in [2.05, 4.69) is 4.74 Å². The second-order valence-electron chi connectivity index (χ2n) is 1.47. The summed E-state index contributed by atoms with van der Waals surface area (Å²) in [6, 6.07) is 0. The predicted molar refractivity (Wildman–Crippen MR) is 36.0 cm³/mol. The number of hydrogen-bond acceptors (Lipinski definition) is 3. The van der Waals surface area contributed by atoms with Crippen LogP contribution in [0.3, 0.4) is 0 Å². The van der Waals surface area contributed by atoms with Gasteiger partial charge in [0.1, 0.15) is 0 Å². The van der Waals surface area contributed by atoms with Crippen molar-refractivity contribution in [1.82, 2.24) is 0 Å². The van der Waals surface area contributed by atoms with Gasteiger partial charge in [-0.3, -0.25) is 9.59 Å². The van der Waals surface area contributed by atoms with Crippen molar-refractivity contribution in [1.29, 1.82) is 0 Å². The average Bonchev–Trinajstić information content (AvgIpc) is 1.83. The Morgan fingerprint density at radius 3 is 2.20 bits per heavy atom. The number of hydrogen-bond donors (Lipinski definition) is 1. The van der Waals surface area contributed by atoms with E-state index in [1.807, 2.05) is 0 Å². The maximum atomic E-state index is 10.2. The Morgan fingerprint density at radius 2 is 1.90 bits per heavy atom. The first-order valence-electron chi connectivity index (χ1n) is 2.45. The zero-order valence-electron chi connectivity index (χ0n) is 5.09. The Labute approximate surface area is 80.8 Å². The van der Waals surface area contributed by atoms with Crippen LogP contribution in [0.5, 0.6) is 0 Å². The summed E-state index contributed by atoms with van der Waals surface area (Å²) < 4.78 is 4.20. The Balaban J connectivity index is 0. The van der Waals surface area contributed by atoms with E-state index in [0.29, 0.717) is 0 Å². The molecule has 0 fully saturated rings. The summed E-state index contributed by atoms with van der Waals surface area (Å²) in [7, 11) is 1.23. The van der Waals surface area contributed by atoms with Crippen LogP contribution in [-0.4, -0.2) is 53.7 Å². The van der Waals surface area contributed by atoms with E-state index in [4.69, 9.17) is 5.11 Å². The summed E-state index contributed by atoms with van der Waals surface area (Å²) >= 11 is 0. The molecular formula is C5H9NaO4. The van der Waals surface area contributed by atoms with Crippen LogP contribution in [0, 0.1) is 0 Å². The van der Waals surface area contributed by atoms with Gasteiger partial charge in [0.25, 0.3) is 0 Å². The van der Waals surface area contributed by atoms with Crippen molar-refractivity contribution in [2.24, 2.45) is 0 Å². The molecule has 0 heterocycles. The molecule has 0 saturated heterocycles. The fraction of sp³-hybridized carbons (Fsp3) is 0.600. The summed E-state index contributed by atoms with van der Waals surface area (Å²) in [4.78, 5) is 20.0. The molecule has 0 radical (unpaired) electrons. The van der Waals surface area contributed by atoms with Gasteiger partial charge in [-0.15, -0.1) is 0 Å². The molecule has 0 bridgehead atoms. The summed E-state index contributed by atoms with van der Waals surface area (Å²) in [5.74, 6) is -1.47. The van der Waals surface area contributed by atoms with Crippen molar-refractivity contribution >= 4 is 41.5 Å². The minimum atomic E-state index is -0.986. The van der Waals surface area contributed by atoms with Gasteiger partial charge in [-0.25, -0.2) is 0 Å². The van der Waals surface area contributed by atoms with E-state index >= 15 is 0 Å². The molecule has 0 aromatic heterocycles.